The molecule has 2 atom stereocenters. The van der Waals surface area contributed by atoms with Crippen molar-refractivity contribution in [3.05, 3.63) is 36.7 Å². The van der Waals surface area contributed by atoms with E-state index < -0.39 is 10.0 Å². The van der Waals surface area contributed by atoms with Gasteiger partial charge in [0.2, 0.25) is 10.0 Å². The van der Waals surface area contributed by atoms with Crippen molar-refractivity contribution in [2.75, 3.05) is 25.9 Å². The molecule has 0 spiro atoms. The number of aryl methyl sites for hydroxylation is 2. The van der Waals surface area contributed by atoms with Crippen LogP contribution in [0.25, 0.3) is 0 Å². The van der Waals surface area contributed by atoms with E-state index in [1.54, 1.807) is 29.5 Å². The molecule has 0 saturated carbocycles. The average molecular weight is 338 g/mol. The van der Waals surface area contributed by atoms with E-state index in [2.05, 4.69) is 19.7 Å². The number of rotatable bonds is 6. The Bertz CT molecular complexity index is 739. The lowest BCUT2D eigenvalue weighted by Gasteiger charge is -2.20. The molecule has 2 aromatic rings. The van der Waals surface area contributed by atoms with Crippen LogP contribution in [0.4, 0.5) is 0 Å². The molecule has 0 aromatic carbocycles. The Morgan fingerprint density at radius 2 is 2.17 bits per heavy atom. The lowest BCUT2D eigenvalue weighted by Crippen LogP contribution is -2.41. The molecule has 126 valence electrons. The third-order valence-electron chi connectivity index (χ3n) is 4.22. The lowest BCUT2D eigenvalue weighted by atomic mass is 10.0. The van der Waals surface area contributed by atoms with Crippen LogP contribution >= 0.6 is 0 Å². The molecule has 0 aliphatic carbocycles. The van der Waals surface area contributed by atoms with Gasteiger partial charge in [0.15, 0.2) is 0 Å². The number of sulfonamides is 1. The fourth-order valence-corrected chi connectivity index (χ4v) is 4.33. The molecule has 0 radical (unpaired) electrons. The van der Waals surface area contributed by atoms with E-state index in [-0.39, 0.29) is 17.7 Å². The van der Waals surface area contributed by atoms with Gasteiger partial charge in [-0.2, -0.15) is 5.10 Å². The maximum Gasteiger partial charge on any atom is 0.213 e. The van der Waals surface area contributed by atoms with Gasteiger partial charge in [-0.25, -0.2) is 18.1 Å². The second-order valence-corrected chi connectivity index (χ2v) is 7.94. The second-order valence-electron chi connectivity index (χ2n) is 6.07. The minimum Gasteiger partial charge on any atom is -0.337 e. The normalized spacial score (nSPS) is 22.7. The predicted octanol–water partition coefficient (Wildman–Crippen LogP) is -0.366. The van der Waals surface area contributed by atoms with E-state index >= 15 is 0 Å². The van der Waals surface area contributed by atoms with Crippen LogP contribution in [-0.2, 0) is 23.6 Å². The first-order chi connectivity index (χ1) is 10.9. The molecule has 1 saturated heterocycles. The Labute approximate surface area is 136 Å². The Morgan fingerprint density at radius 3 is 2.83 bits per heavy atom. The third-order valence-corrected chi connectivity index (χ3v) is 5.60. The van der Waals surface area contributed by atoms with Crippen LogP contribution < -0.4 is 4.72 Å². The van der Waals surface area contributed by atoms with Crippen LogP contribution in [-0.4, -0.2) is 64.6 Å². The number of hydrogen-bond acceptors (Lipinski definition) is 5. The number of likely N-dealkylation sites (N-methyl/N-ethyl adjacent to an activating group) is 1. The number of nitrogens with one attached hydrogen (secondary N) is 1. The molecule has 23 heavy (non-hydrogen) atoms. The Morgan fingerprint density at radius 1 is 1.35 bits per heavy atom. The van der Waals surface area contributed by atoms with Crippen LogP contribution in [0.1, 0.15) is 11.6 Å². The Kier molecular flexibility index (Phi) is 4.51. The predicted molar refractivity (Wildman–Crippen MR) is 86.4 cm³/mol. The van der Waals surface area contributed by atoms with Gasteiger partial charge >= 0.3 is 0 Å². The van der Waals surface area contributed by atoms with Crippen molar-refractivity contribution in [1.82, 2.24) is 29.0 Å². The molecule has 0 bridgehead atoms. The molecule has 3 heterocycles. The Balaban J connectivity index is 1.68. The summed E-state index contributed by atoms with van der Waals surface area (Å²) in [5.41, 5.74) is 1.05. The molecule has 9 heteroatoms. The van der Waals surface area contributed by atoms with Crippen molar-refractivity contribution < 1.29 is 8.42 Å². The molecule has 0 unspecified atom stereocenters. The molecule has 1 fully saturated rings. The summed E-state index contributed by atoms with van der Waals surface area (Å²) in [6.07, 6.45) is 6.97. The molecule has 2 aromatic heterocycles. The fraction of sp³-hybridized carbons (Fsp3) is 0.571. The first-order valence-corrected chi connectivity index (χ1v) is 9.22. The SMILES string of the molecule is CN1C[C@@H](NS(=O)(=O)CCn2cccn2)[C@H](c2cncn2C)C1. The van der Waals surface area contributed by atoms with Gasteiger partial charge in [0.05, 0.1) is 18.6 Å². The summed E-state index contributed by atoms with van der Waals surface area (Å²) in [7, 11) is 0.567. The minimum atomic E-state index is -3.37. The van der Waals surface area contributed by atoms with Crippen molar-refractivity contribution >= 4 is 10.0 Å². The van der Waals surface area contributed by atoms with Gasteiger partial charge in [-0.3, -0.25) is 4.68 Å². The van der Waals surface area contributed by atoms with Crippen LogP contribution in [0.15, 0.2) is 31.0 Å². The highest BCUT2D eigenvalue weighted by atomic mass is 32.2. The second kappa shape index (κ2) is 6.42. The number of nitrogens with zero attached hydrogens (tertiary/aromatic N) is 5. The van der Waals surface area contributed by atoms with Crippen molar-refractivity contribution in [3.8, 4) is 0 Å². The van der Waals surface area contributed by atoms with Crippen molar-refractivity contribution in [2.24, 2.45) is 7.05 Å². The standard InChI is InChI=1S/C14H22N6O2S/c1-18-9-12(14-8-15-11-19(14)2)13(10-18)17-23(21,22)7-6-20-5-3-4-16-20/h3-5,8,11-13,17H,6-7,9-10H2,1-2H3/t12-,13-/m1/s1. The first kappa shape index (κ1) is 16.2. The van der Waals surface area contributed by atoms with Crippen LogP contribution in [0.3, 0.4) is 0 Å². The Hall–Kier alpha value is -1.71. The summed E-state index contributed by atoms with van der Waals surface area (Å²) in [5, 5.41) is 4.03. The number of aromatic nitrogens is 4. The monoisotopic (exact) mass is 338 g/mol. The molecule has 1 N–H and O–H groups in total. The van der Waals surface area contributed by atoms with Gasteiger partial charge in [-0.1, -0.05) is 0 Å². The molecule has 8 nitrogen and oxygen atoms in total. The smallest absolute Gasteiger partial charge is 0.213 e. The van der Waals surface area contributed by atoms with E-state index in [0.29, 0.717) is 13.1 Å². The van der Waals surface area contributed by atoms with E-state index in [0.717, 1.165) is 12.2 Å². The summed E-state index contributed by atoms with van der Waals surface area (Å²) in [6, 6.07) is 1.64. The maximum atomic E-state index is 12.4. The maximum absolute atomic E-state index is 12.4. The van der Waals surface area contributed by atoms with Gasteiger partial charge < -0.3 is 9.47 Å². The van der Waals surface area contributed by atoms with Crippen molar-refractivity contribution in [3.63, 3.8) is 0 Å². The summed E-state index contributed by atoms with van der Waals surface area (Å²) in [5.74, 6) is 0.125. The van der Waals surface area contributed by atoms with Crippen molar-refractivity contribution in [1.29, 1.82) is 0 Å². The van der Waals surface area contributed by atoms with Crippen molar-refractivity contribution in [2.45, 2.75) is 18.5 Å². The first-order valence-electron chi connectivity index (χ1n) is 7.57. The van der Waals surface area contributed by atoms with Gasteiger partial charge in [0, 0.05) is 56.4 Å². The molecule has 1 aliphatic heterocycles. The molecule has 3 rings (SSSR count). The van der Waals surface area contributed by atoms with E-state index in [9.17, 15) is 8.42 Å². The molecule has 0 amide bonds. The highest BCUT2D eigenvalue weighted by Gasteiger charge is 2.36. The van der Waals surface area contributed by atoms with Gasteiger partial charge in [-0.15, -0.1) is 0 Å². The minimum absolute atomic E-state index is 0.0208. The van der Waals surface area contributed by atoms with Crippen LogP contribution in [0.2, 0.25) is 0 Å². The topological polar surface area (TPSA) is 85.1 Å². The quantitative estimate of drug-likeness (QED) is 0.777. The zero-order valence-electron chi connectivity index (χ0n) is 13.3. The van der Waals surface area contributed by atoms with Crippen LogP contribution in [0.5, 0.6) is 0 Å². The number of imidazole rings is 1. The fourth-order valence-electron chi connectivity index (χ4n) is 3.08. The number of hydrogen-bond donors (Lipinski definition) is 1. The third kappa shape index (κ3) is 3.80. The molecule has 1 aliphatic rings. The molecular formula is C14H22N6O2S. The van der Waals surface area contributed by atoms with Crippen LogP contribution in [0, 0.1) is 0 Å². The van der Waals surface area contributed by atoms with Gasteiger partial charge in [0.25, 0.3) is 0 Å². The summed E-state index contributed by atoms with van der Waals surface area (Å²) in [6.45, 7) is 1.85. The number of likely N-dealkylation sites (tertiary alicyclic amines) is 1. The van der Waals surface area contributed by atoms with Gasteiger partial charge in [-0.05, 0) is 13.1 Å². The lowest BCUT2D eigenvalue weighted by molar-refractivity contribution is 0.404. The highest BCUT2D eigenvalue weighted by Crippen LogP contribution is 2.26. The molecular weight excluding hydrogens is 316 g/mol. The summed E-state index contributed by atoms with van der Waals surface area (Å²) >= 11 is 0. The van der Waals surface area contributed by atoms with E-state index in [1.165, 1.54) is 0 Å². The zero-order chi connectivity index (χ0) is 16.4. The summed E-state index contributed by atoms with van der Waals surface area (Å²) < 4.78 is 31.2. The highest BCUT2D eigenvalue weighted by molar-refractivity contribution is 7.89. The summed E-state index contributed by atoms with van der Waals surface area (Å²) in [4.78, 5) is 6.29. The average Bonchev–Trinajstić information content (AvgIpc) is 3.18. The van der Waals surface area contributed by atoms with E-state index in [4.69, 9.17) is 0 Å². The van der Waals surface area contributed by atoms with E-state index in [1.807, 2.05) is 24.9 Å². The zero-order valence-corrected chi connectivity index (χ0v) is 14.1. The van der Waals surface area contributed by atoms with Gasteiger partial charge in [0.1, 0.15) is 0 Å². The largest absolute Gasteiger partial charge is 0.337 e.